The second-order valence-electron chi connectivity index (χ2n) is 7.46. The molecule has 0 N–H and O–H groups in total. The van der Waals surface area contributed by atoms with Crippen molar-refractivity contribution in [1.82, 2.24) is 20.0 Å². The summed E-state index contributed by atoms with van der Waals surface area (Å²) in [4.78, 5) is 25.6. The Morgan fingerprint density at radius 2 is 1.96 bits per heavy atom. The van der Waals surface area contributed by atoms with Gasteiger partial charge in [-0.3, -0.25) is 4.79 Å². The van der Waals surface area contributed by atoms with Crippen molar-refractivity contribution in [3.8, 4) is 0 Å². The summed E-state index contributed by atoms with van der Waals surface area (Å²) in [5.74, 6) is 1.78. The highest BCUT2D eigenvalue weighted by molar-refractivity contribution is 5.80. The van der Waals surface area contributed by atoms with E-state index < -0.39 is 0 Å². The lowest BCUT2D eigenvalue weighted by Crippen LogP contribution is -2.31. The summed E-state index contributed by atoms with van der Waals surface area (Å²) >= 11 is 0. The third kappa shape index (κ3) is 2.88. The van der Waals surface area contributed by atoms with E-state index >= 15 is 0 Å². The van der Waals surface area contributed by atoms with Crippen molar-refractivity contribution in [2.75, 3.05) is 24.5 Å². The number of hydrogen-bond donors (Lipinski definition) is 0. The van der Waals surface area contributed by atoms with Gasteiger partial charge < -0.3 is 14.3 Å². The molecule has 1 unspecified atom stereocenters. The molecule has 0 saturated carbocycles. The molecular formula is C18H23N5O2. The highest BCUT2D eigenvalue weighted by atomic mass is 16.5. The molecule has 0 radical (unpaired) electrons. The topological polar surface area (TPSA) is 75.4 Å². The summed E-state index contributed by atoms with van der Waals surface area (Å²) in [6, 6.07) is 0. The molecule has 1 amide bonds. The van der Waals surface area contributed by atoms with E-state index in [1.165, 1.54) is 0 Å². The number of carbonyl (C=O) groups is 1. The van der Waals surface area contributed by atoms with Crippen molar-refractivity contribution in [2.45, 2.75) is 40.2 Å². The van der Waals surface area contributed by atoms with Crippen LogP contribution in [0.3, 0.4) is 0 Å². The van der Waals surface area contributed by atoms with E-state index in [1.54, 1.807) is 0 Å². The zero-order valence-electron chi connectivity index (χ0n) is 14.9. The van der Waals surface area contributed by atoms with Gasteiger partial charge >= 0.3 is 0 Å². The van der Waals surface area contributed by atoms with E-state index in [-0.39, 0.29) is 11.3 Å². The molecule has 2 saturated heterocycles. The fraction of sp³-hybridized carbons (Fsp3) is 0.556. The summed E-state index contributed by atoms with van der Waals surface area (Å²) < 4.78 is 5.23. The Hall–Kier alpha value is -2.44. The van der Waals surface area contributed by atoms with E-state index in [1.807, 2.05) is 38.1 Å². The number of rotatable bonds is 3. The van der Waals surface area contributed by atoms with Crippen molar-refractivity contribution < 1.29 is 9.32 Å². The van der Waals surface area contributed by atoms with Crippen LogP contribution in [0.4, 0.5) is 5.95 Å². The Labute approximate surface area is 147 Å². The maximum Gasteiger partial charge on any atom is 0.225 e. The fourth-order valence-electron chi connectivity index (χ4n) is 3.97. The Kier molecular flexibility index (Phi) is 3.74. The van der Waals surface area contributed by atoms with Crippen molar-refractivity contribution in [2.24, 2.45) is 5.41 Å². The molecule has 4 heterocycles. The normalized spacial score (nSPS) is 23.2. The van der Waals surface area contributed by atoms with Gasteiger partial charge in [0.25, 0.3) is 0 Å². The largest absolute Gasteiger partial charge is 0.361 e. The summed E-state index contributed by atoms with van der Waals surface area (Å²) in [6.45, 7) is 8.90. The van der Waals surface area contributed by atoms with Gasteiger partial charge in [-0.15, -0.1) is 0 Å². The zero-order valence-corrected chi connectivity index (χ0v) is 14.9. The number of anilines is 1. The van der Waals surface area contributed by atoms with Crippen LogP contribution in [0.15, 0.2) is 16.9 Å². The lowest BCUT2D eigenvalue weighted by atomic mass is 9.86. The molecule has 2 fully saturated rings. The first-order valence-electron chi connectivity index (χ1n) is 8.69. The van der Waals surface area contributed by atoms with Gasteiger partial charge in [0, 0.05) is 49.4 Å². The average Bonchev–Trinajstić information content (AvgIpc) is 3.23. The highest BCUT2D eigenvalue weighted by Gasteiger charge is 2.48. The van der Waals surface area contributed by atoms with Crippen LogP contribution in [0, 0.1) is 26.2 Å². The minimum atomic E-state index is 0.00427. The standard InChI is InChI=1S/C18H23N5O2/c1-12-7-19-17(20-8-12)22-5-4-18(10-22)6-16(24)23(11-18)9-15-13(2)21-25-14(15)3/h7-8H,4-6,9-11H2,1-3H3. The molecule has 2 aliphatic rings. The van der Waals surface area contributed by atoms with Crippen molar-refractivity contribution >= 4 is 11.9 Å². The Balaban J connectivity index is 1.47. The number of likely N-dealkylation sites (tertiary alicyclic amines) is 1. The SMILES string of the molecule is Cc1cnc(N2CCC3(CC(=O)N(Cc4c(C)noc4C)C3)C2)nc1. The molecule has 2 aliphatic heterocycles. The molecule has 0 bridgehead atoms. The van der Waals surface area contributed by atoms with Gasteiger partial charge in [0.05, 0.1) is 12.2 Å². The van der Waals surface area contributed by atoms with Crippen LogP contribution in [-0.4, -0.2) is 45.6 Å². The summed E-state index contributed by atoms with van der Waals surface area (Å²) in [5.41, 5.74) is 2.96. The third-order valence-corrected chi connectivity index (χ3v) is 5.42. The van der Waals surface area contributed by atoms with Crippen molar-refractivity contribution in [1.29, 1.82) is 0 Å². The highest BCUT2D eigenvalue weighted by Crippen LogP contribution is 2.41. The second kappa shape index (κ2) is 5.82. The van der Waals surface area contributed by atoms with Gasteiger partial charge in [-0.2, -0.15) is 0 Å². The zero-order chi connectivity index (χ0) is 17.6. The average molecular weight is 341 g/mol. The van der Waals surface area contributed by atoms with Gasteiger partial charge in [-0.1, -0.05) is 5.16 Å². The number of carbonyl (C=O) groups excluding carboxylic acids is 1. The molecule has 0 aromatic carbocycles. The van der Waals surface area contributed by atoms with Crippen LogP contribution in [0.5, 0.6) is 0 Å². The molecule has 4 rings (SSSR count). The minimum Gasteiger partial charge on any atom is -0.361 e. The number of amides is 1. The predicted molar refractivity (Wildman–Crippen MR) is 92.0 cm³/mol. The molecule has 2 aromatic heterocycles. The molecule has 132 valence electrons. The first-order valence-corrected chi connectivity index (χ1v) is 8.69. The van der Waals surface area contributed by atoms with E-state index in [9.17, 15) is 4.79 Å². The van der Waals surface area contributed by atoms with Crippen LogP contribution in [0.2, 0.25) is 0 Å². The van der Waals surface area contributed by atoms with Crippen molar-refractivity contribution in [3.05, 3.63) is 35.0 Å². The second-order valence-corrected chi connectivity index (χ2v) is 7.46. The van der Waals surface area contributed by atoms with Crippen LogP contribution in [0.25, 0.3) is 0 Å². The van der Waals surface area contributed by atoms with Crippen LogP contribution >= 0.6 is 0 Å². The van der Waals surface area contributed by atoms with Gasteiger partial charge in [0.1, 0.15) is 5.76 Å². The minimum absolute atomic E-state index is 0.00427. The molecule has 2 aromatic rings. The van der Waals surface area contributed by atoms with Crippen molar-refractivity contribution in [3.63, 3.8) is 0 Å². The molecular weight excluding hydrogens is 318 g/mol. The monoisotopic (exact) mass is 341 g/mol. The maximum absolute atomic E-state index is 12.6. The maximum atomic E-state index is 12.6. The fourth-order valence-corrected chi connectivity index (χ4v) is 3.97. The third-order valence-electron chi connectivity index (χ3n) is 5.42. The number of nitrogens with zero attached hydrogens (tertiary/aromatic N) is 5. The lowest BCUT2D eigenvalue weighted by Gasteiger charge is -2.24. The summed E-state index contributed by atoms with van der Waals surface area (Å²) in [7, 11) is 0. The molecule has 1 atom stereocenters. The van der Waals surface area contributed by atoms with Crippen LogP contribution < -0.4 is 4.90 Å². The lowest BCUT2D eigenvalue weighted by molar-refractivity contribution is -0.128. The van der Waals surface area contributed by atoms with Gasteiger partial charge in [0.2, 0.25) is 11.9 Å². The predicted octanol–water partition coefficient (Wildman–Crippen LogP) is 2.02. The molecule has 25 heavy (non-hydrogen) atoms. The first kappa shape index (κ1) is 16.1. The van der Waals surface area contributed by atoms with Crippen LogP contribution in [0.1, 0.15) is 35.4 Å². The number of aryl methyl sites for hydroxylation is 3. The summed E-state index contributed by atoms with van der Waals surface area (Å²) in [6.07, 6.45) is 5.28. The summed E-state index contributed by atoms with van der Waals surface area (Å²) in [5, 5.41) is 3.99. The quantitative estimate of drug-likeness (QED) is 0.850. The van der Waals surface area contributed by atoms with Gasteiger partial charge in [0.15, 0.2) is 0 Å². The number of hydrogen-bond acceptors (Lipinski definition) is 6. The van der Waals surface area contributed by atoms with E-state index in [2.05, 4.69) is 20.0 Å². The van der Waals surface area contributed by atoms with E-state index in [0.29, 0.717) is 13.0 Å². The van der Waals surface area contributed by atoms with E-state index in [0.717, 1.165) is 54.6 Å². The first-order chi connectivity index (χ1) is 12.0. The number of aromatic nitrogens is 3. The van der Waals surface area contributed by atoms with Crippen LogP contribution in [-0.2, 0) is 11.3 Å². The van der Waals surface area contributed by atoms with Gasteiger partial charge in [-0.25, -0.2) is 9.97 Å². The molecule has 1 spiro atoms. The Morgan fingerprint density at radius 3 is 2.64 bits per heavy atom. The molecule has 0 aliphatic carbocycles. The Bertz CT molecular complexity index is 781. The Morgan fingerprint density at radius 1 is 1.20 bits per heavy atom. The van der Waals surface area contributed by atoms with Gasteiger partial charge in [-0.05, 0) is 32.8 Å². The van der Waals surface area contributed by atoms with E-state index in [4.69, 9.17) is 4.52 Å². The molecule has 7 nitrogen and oxygen atoms in total. The molecule has 7 heteroatoms. The smallest absolute Gasteiger partial charge is 0.225 e.